The number of likely N-dealkylation sites (tertiary alicyclic amines) is 1. The number of benzene rings is 1. The monoisotopic (exact) mass is 341 g/mol. The van der Waals surface area contributed by atoms with Gasteiger partial charge in [0, 0.05) is 56.4 Å². The number of carbonyl (C=O) groups is 1. The predicted octanol–water partition coefficient (Wildman–Crippen LogP) is 3.52. The Bertz CT molecular complexity index is 700. The summed E-state index contributed by atoms with van der Waals surface area (Å²) in [7, 11) is 0. The van der Waals surface area contributed by atoms with E-state index in [9.17, 15) is 9.90 Å². The second kappa shape index (κ2) is 7.64. The van der Waals surface area contributed by atoms with Gasteiger partial charge in [0.1, 0.15) is 5.75 Å². The van der Waals surface area contributed by atoms with Crippen LogP contribution in [-0.4, -0.2) is 46.7 Å². The predicted molar refractivity (Wildman–Crippen MR) is 100 cm³/mol. The molecule has 3 rings (SSSR count). The van der Waals surface area contributed by atoms with E-state index in [1.165, 1.54) is 0 Å². The molecule has 0 spiro atoms. The molecule has 1 N–H and O–H groups in total. The van der Waals surface area contributed by atoms with Crippen LogP contribution < -0.4 is 4.90 Å². The van der Waals surface area contributed by atoms with Crippen LogP contribution in [0.1, 0.15) is 43.1 Å². The molecule has 25 heavy (non-hydrogen) atoms. The molecule has 1 fully saturated rings. The van der Waals surface area contributed by atoms with Crippen molar-refractivity contribution in [2.75, 3.05) is 31.1 Å². The quantitative estimate of drug-likeness (QED) is 0.905. The number of hydrogen-bond donors (Lipinski definition) is 1. The third-order valence-corrected chi connectivity index (χ3v) is 5.14. The Labute approximate surface area is 149 Å². The molecule has 5 nitrogen and oxygen atoms in total. The Kier molecular flexibility index (Phi) is 5.31. The molecule has 1 saturated heterocycles. The van der Waals surface area contributed by atoms with E-state index in [2.05, 4.69) is 35.7 Å². The molecule has 1 aromatic carbocycles. The van der Waals surface area contributed by atoms with Gasteiger partial charge < -0.3 is 19.5 Å². The maximum absolute atomic E-state index is 12.8. The maximum Gasteiger partial charge on any atom is 0.257 e. The van der Waals surface area contributed by atoms with E-state index in [-0.39, 0.29) is 11.7 Å². The first-order valence-corrected chi connectivity index (χ1v) is 9.13. The number of amides is 1. The molecule has 1 aliphatic rings. The lowest BCUT2D eigenvalue weighted by molar-refractivity contribution is 0.0691. The van der Waals surface area contributed by atoms with Crippen LogP contribution in [0.2, 0.25) is 0 Å². The van der Waals surface area contributed by atoms with Crippen LogP contribution in [0, 0.1) is 0 Å². The summed E-state index contributed by atoms with van der Waals surface area (Å²) in [5.74, 6) is -0.00325. The van der Waals surface area contributed by atoms with Crippen molar-refractivity contribution in [1.82, 2.24) is 9.47 Å². The molecule has 134 valence electrons. The number of anilines is 1. The topological polar surface area (TPSA) is 48.7 Å². The highest BCUT2D eigenvalue weighted by Gasteiger charge is 2.25. The zero-order valence-electron chi connectivity index (χ0n) is 15.1. The van der Waals surface area contributed by atoms with E-state index in [1.807, 2.05) is 23.1 Å². The fraction of sp³-hybridized carbons (Fsp3) is 0.450. The number of piperidine rings is 1. The smallest absolute Gasteiger partial charge is 0.257 e. The fourth-order valence-electron chi connectivity index (χ4n) is 3.62. The number of aromatic hydroxyl groups is 1. The van der Waals surface area contributed by atoms with E-state index >= 15 is 0 Å². The number of nitrogens with zero attached hydrogens (tertiary/aromatic N) is 3. The average molecular weight is 341 g/mol. The lowest BCUT2D eigenvalue weighted by Crippen LogP contribution is -2.39. The molecule has 0 saturated carbocycles. The van der Waals surface area contributed by atoms with E-state index in [4.69, 9.17) is 0 Å². The zero-order chi connectivity index (χ0) is 17.8. The van der Waals surface area contributed by atoms with Crippen molar-refractivity contribution in [1.29, 1.82) is 0 Å². The van der Waals surface area contributed by atoms with Gasteiger partial charge in [0.15, 0.2) is 0 Å². The van der Waals surface area contributed by atoms with Crippen molar-refractivity contribution in [3.8, 4) is 5.75 Å². The highest BCUT2D eigenvalue weighted by atomic mass is 16.3. The van der Waals surface area contributed by atoms with Gasteiger partial charge in [-0.1, -0.05) is 0 Å². The molecule has 0 aliphatic carbocycles. The van der Waals surface area contributed by atoms with Crippen molar-refractivity contribution in [3.05, 3.63) is 48.3 Å². The first kappa shape index (κ1) is 17.4. The van der Waals surface area contributed by atoms with Crippen LogP contribution >= 0.6 is 0 Å². The Morgan fingerprint density at radius 2 is 1.80 bits per heavy atom. The minimum atomic E-state index is -0.0745. The minimum Gasteiger partial charge on any atom is -0.507 e. The van der Waals surface area contributed by atoms with E-state index in [0.717, 1.165) is 44.7 Å². The van der Waals surface area contributed by atoms with Crippen molar-refractivity contribution < 1.29 is 9.90 Å². The van der Waals surface area contributed by atoms with Crippen LogP contribution in [0.3, 0.4) is 0 Å². The summed E-state index contributed by atoms with van der Waals surface area (Å²) in [5.41, 5.74) is 1.35. The Hall–Kier alpha value is -2.43. The number of phenolic OH excluding ortho intramolecular Hbond substituents is 1. The van der Waals surface area contributed by atoms with Crippen LogP contribution in [0.4, 0.5) is 5.69 Å². The number of carbonyl (C=O) groups excluding carboxylic acids is 1. The van der Waals surface area contributed by atoms with Crippen molar-refractivity contribution in [2.45, 2.75) is 32.7 Å². The van der Waals surface area contributed by atoms with Gasteiger partial charge in [0.2, 0.25) is 0 Å². The molecule has 0 radical (unpaired) electrons. The summed E-state index contributed by atoms with van der Waals surface area (Å²) < 4.78 is 2.22. The summed E-state index contributed by atoms with van der Waals surface area (Å²) in [6, 6.07) is 9.90. The lowest BCUT2D eigenvalue weighted by atomic mass is 10.0. The highest BCUT2D eigenvalue weighted by Crippen LogP contribution is 2.28. The van der Waals surface area contributed by atoms with Crippen molar-refractivity contribution >= 4 is 11.6 Å². The van der Waals surface area contributed by atoms with Gasteiger partial charge in [-0.2, -0.15) is 0 Å². The van der Waals surface area contributed by atoms with Crippen LogP contribution in [-0.2, 0) is 0 Å². The first-order valence-electron chi connectivity index (χ1n) is 9.13. The average Bonchev–Trinajstić information content (AvgIpc) is 3.17. The van der Waals surface area contributed by atoms with E-state index in [1.54, 1.807) is 12.1 Å². The minimum absolute atomic E-state index is 0.0712. The molecule has 1 amide bonds. The molecule has 0 unspecified atom stereocenters. The van der Waals surface area contributed by atoms with Crippen molar-refractivity contribution in [2.24, 2.45) is 0 Å². The molecule has 0 atom stereocenters. The molecule has 5 heteroatoms. The SMILES string of the molecule is CCN(CC)c1ccc(C(=O)N2CCC(n3cccc3)CC2)c(O)c1. The first-order chi connectivity index (χ1) is 12.1. The Morgan fingerprint density at radius 1 is 1.16 bits per heavy atom. The second-order valence-corrected chi connectivity index (χ2v) is 6.53. The number of aromatic nitrogens is 1. The Balaban J connectivity index is 1.67. The normalized spacial score (nSPS) is 15.4. The van der Waals surface area contributed by atoms with Gasteiger partial charge in [0.05, 0.1) is 5.56 Å². The van der Waals surface area contributed by atoms with Gasteiger partial charge >= 0.3 is 0 Å². The number of rotatable bonds is 5. The third-order valence-electron chi connectivity index (χ3n) is 5.14. The molecule has 1 aromatic heterocycles. The van der Waals surface area contributed by atoms with Gasteiger partial charge in [-0.15, -0.1) is 0 Å². The molecule has 2 heterocycles. The summed E-state index contributed by atoms with van der Waals surface area (Å²) >= 11 is 0. The Morgan fingerprint density at radius 3 is 2.36 bits per heavy atom. The van der Waals surface area contributed by atoms with Gasteiger partial charge in [0.25, 0.3) is 5.91 Å². The fourth-order valence-corrected chi connectivity index (χ4v) is 3.62. The standard InChI is InChI=1S/C20H27N3O2/c1-3-21(4-2)17-7-8-18(19(24)15-17)20(25)23-13-9-16(10-14-23)22-11-5-6-12-22/h5-8,11-12,15-16,24H,3-4,9-10,13-14H2,1-2H3. The molecular formula is C20H27N3O2. The molecule has 0 bridgehead atoms. The molecule has 1 aliphatic heterocycles. The van der Waals surface area contributed by atoms with Crippen LogP contribution in [0.25, 0.3) is 0 Å². The summed E-state index contributed by atoms with van der Waals surface area (Å²) in [6.07, 6.45) is 6.05. The maximum atomic E-state index is 12.8. The molecular weight excluding hydrogens is 314 g/mol. The van der Waals surface area contributed by atoms with Gasteiger partial charge in [-0.3, -0.25) is 4.79 Å². The number of phenols is 1. The zero-order valence-corrected chi connectivity index (χ0v) is 15.1. The summed E-state index contributed by atoms with van der Waals surface area (Å²) in [4.78, 5) is 16.8. The van der Waals surface area contributed by atoms with E-state index in [0.29, 0.717) is 11.6 Å². The molecule has 2 aromatic rings. The largest absolute Gasteiger partial charge is 0.507 e. The second-order valence-electron chi connectivity index (χ2n) is 6.53. The van der Waals surface area contributed by atoms with E-state index < -0.39 is 0 Å². The third kappa shape index (κ3) is 3.65. The summed E-state index contributed by atoms with van der Waals surface area (Å²) in [5, 5.41) is 10.4. The number of hydrogen-bond acceptors (Lipinski definition) is 3. The summed E-state index contributed by atoms with van der Waals surface area (Å²) in [6.45, 7) is 7.34. The van der Waals surface area contributed by atoms with Gasteiger partial charge in [-0.25, -0.2) is 0 Å². The van der Waals surface area contributed by atoms with Crippen LogP contribution in [0.5, 0.6) is 5.75 Å². The van der Waals surface area contributed by atoms with Crippen molar-refractivity contribution in [3.63, 3.8) is 0 Å². The lowest BCUT2D eigenvalue weighted by Gasteiger charge is -2.33. The highest BCUT2D eigenvalue weighted by molar-refractivity contribution is 5.97. The van der Waals surface area contributed by atoms with Gasteiger partial charge in [-0.05, 0) is 51.0 Å². The van der Waals surface area contributed by atoms with Crippen LogP contribution in [0.15, 0.2) is 42.7 Å².